The fourth-order valence-corrected chi connectivity index (χ4v) is 2.38. The van der Waals surface area contributed by atoms with E-state index in [1.165, 1.54) is 0 Å². The van der Waals surface area contributed by atoms with E-state index in [0.29, 0.717) is 22.6 Å². The molecule has 1 unspecified atom stereocenters. The molecule has 2 aromatic carbocycles. The lowest BCUT2D eigenvalue weighted by Crippen LogP contribution is -2.21. The lowest BCUT2D eigenvalue weighted by molar-refractivity contribution is -0.135. The third-order valence-electron chi connectivity index (χ3n) is 3.80. The van der Waals surface area contributed by atoms with Crippen LogP contribution >= 0.6 is 0 Å². The zero-order valence-electron chi connectivity index (χ0n) is 15.5. The fraction of sp³-hybridized carbons (Fsp3) is 0.238. The number of hydrogen-bond acceptors (Lipinski definition) is 6. The van der Waals surface area contributed by atoms with Crippen LogP contribution in [0.4, 0.5) is 5.69 Å². The summed E-state index contributed by atoms with van der Waals surface area (Å²) in [7, 11) is 1.57. The zero-order valence-corrected chi connectivity index (χ0v) is 15.5. The van der Waals surface area contributed by atoms with Gasteiger partial charge in [-0.05, 0) is 30.2 Å². The average Bonchev–Trinajstić information content (AvgIpc) is 2.71. The summed E-state index contributed by atoms with van der Waals surface area (Å²) >= 11 is 0. The molecular weight excluding hydrogens is 344 g/mol. The van der Waals surface area contributed by atoms with Gasteiger partial charge in [0.05, 0.1) is 19.4 Å². The van der Waals surface area contributed by atoms with Crippen molar-refractivity contribution in [1.29, 1.82) is 0 Å². The predicted octanol–water partition coefficient (Wildman–Crippen LogP) is 3.71. The van der Waals surface area contributed by atoms with Crippen LogP contribution in [0.1, 0.15) is 25.0 Å². The summed E-state index contributed by atoms with van der Waals surface area (Å²) in [5.74, 6) is 0.103. The van der Waals surface area contributed by atoms with Crippen molar-refractivity contribution in [1.82, 2.24) is 0 Å². The van der Waals surface area contributed by atoms with Gasteiger partial charge in [0.25, 0.3) is 0 Å². The third kappa shape index (κ3) is 5.97. The van der Waals surface area contributed by atoms with Gasteiger partial charge in [0, 0.05) is 12.5 Å². The largest absolute Gasteiger partial charge is 0.497 e. The molecule has 6 heteroatoms. The lowest BCUT2D eigenvalue weighted by atomic mass is 9.98. The highest BCUT2D eigenvalue weighted by Crippen LogP contribution is 2.23. The number of rotatable bonds is 9. The van der Waals surface area contributed by atoms with Gasteiger partial charge in [0.15, 0.2) is 0 Å². The number of esters is 1. The van der Waals surface area contributed by atoms with Gasteiger partial charge >= 0.3 is 5.97 Å². The maximum atomic E-state index is 12.2. The summed E-state index contributed by atoms with van der Waals surface area (Å²) in [6, 6.07) is 16.3. The van der Waals surface area contributed by atoms with Crippen molar-refractivity contribution in [3.8, 4) is 5.75 Å². The summed E-state index contributed by atoms with van der Waals surface area (Å²) in [4.78, 5) is 12.2. The molecule has 1 atom stereocenters. The van der Waals surface area contributed by atoms with E-state index in [4.69, 9.17) is 9.47 Å². The maximum Gasteiger partial charge on any atom is 0.354 e. The molecule has 0 amide bonds. The molecule has 0 saturated carbocycles. The Morgan fingerprint density at radius 3 is 2.63 bits per heavy atom. The number of hydrazone groups is 1. The Bertz CT molecular complexity index is 803. The minimum atomic E-state index is -0.900. The molecule has 142 valence electrons. The smallest absolute Gasteiger partial charge is 0.354 e. The summed E-state index contributed by atoms with van der Waals surface area (Å²) in [6.45, 7) is 5.86. The molecule has 0 aliphatic carbocycles. The molecule has 27 heavy (non-hydrogen) atoms. The monoisotopic (exact) mass is 368 g/mol. The standard InChI is InChI=1S/C21H24N2O4/c1-4-27-21(25)19(23-22-17-11-8-12-18(14-17)26-3)13-15(2)20(24)16-9-6-5-7-10-16/h5-12,14,20,22,24H,2,4,13H2,1,3H3/b23-19+. The van der Waals surface area contributed by atoms with Crippen molar-refractivity contribution in [3.05, 3.63) is 72.3 Å². The Hall–Kier alpha value is -3.12. The number of carbonyl (C=O) groups is 1. The maximum absolute atomic E-state index is 12.2. The van der Waals surface area contributed by atoms with Crippen molar-refractivity contribution >= 4 is 17.4 Å². The molecule has 2 aromatic rings. The van der Waals surface area contributed by atoms with E-state index in [1.54, 1.807) is 50.4 Å². The first-order valence-electron chi connectivity index (χ1n) is 8.59. The lowest BCUT2D eigenvalue weighted by Gasteiger charge is -2.15. The van der Waals surface area contributed by atoms with Crippen LogP contribution in [0.3, 0.4) is 0 Å². The quantitative estimate of drug-likeness (QED) is 0.305. The summed E-state index contributed by atoms with van der Waals surface area (Å²) in [6.07, 6.45) is -0.825. The van der Waals surface area contributed by atoms with Gasteiger partial charge in [-0.15, -0.1) is 0 Å². The topological polar surface area (TPSA) is 80.2 Å². The van der Waals surface area contributed by atoms with Crippen LogP contribution in [0.5, 0.6) is 5.75 Å². The molecular formula is C21H24N2O4. The van der Waals surface area contributed by atoms with Crippen LogP contribution in [0.2, 0.25) is 0 Å². The Kier molecular flexibility index (Phi) is 7.58. The molecule has 0 bridgehead atoms. The van der Waals surface area contributed by atoms with Gasteiger partial charge in [-0.3, -0.25) is 5.43 Å². The molecule has 0 heterocycles. The molecule has 0 radical (unpaired) electrons. The fourth-order valence-electron chi connectivity index (χ4n) is 2.38. The highest BCUT2D eigenvalue weighted by atomic mass is 16.5. The molecule has 0 aliphatic heterocycles. The molecule has 0 aliphatic rings. The van der Waals surface area contributed by atoms with Gasteiger partial charge in [-0.25, -0.2) is 4.79 Å². The number of anilines is 1. The molecule has 0 fully saturated rings. The van der Waals surface area contributed by atoms with Crippen LogP contribution in [0.15, 0.2) is 71.9 Å². The molecule has 2 rings (SSSR count). The number of hydrogen-bond donors (Lipinski definition) is 2. The number of nitrogens with one attached hydrogen (secondary N) is 1. The number of methoxy groups -OCH3 is 1. The number of benzene rings is 2. The van der Waals surface area contributed by atoms with Gasteiger partial charge in [-0.1, -0.05) is 43.0 Å². The number of aliphatic hydroxyl groups excluding tert-OH is 1. The number of carbonyl (C=O) groups excluding carboxylic acids is 1. The summed E-state index contributed by atoms with van der Waals surface area (Å²) < 4.78 is 10.2. The number of ether oxygens (including phenoxy) is 2. The predicted molar refractivity (Wildman–Crippen MR) is 106 cm³/mol. The number of nitrogens with zero attached hydrogens (tertiary/aromatic N) is 1. The normalized spacial score (nSPS) is 12.2. The second-order valence-corrected chi connectivity index (χ2v) is 5.77. The molecule has 0 spiro atoms. The Morgan fingerprint density at radius 2 is 1.96 bits per heavy atom. The molecule has 0 aromatic heterocycles. The van der Waals surface area contributed by atoms with Gasteiger partial charge in [-0.2, -0.15) is 5.10 Å². The van der Waals surface area contributed by atoms with E-state index in [-0.39, 0.29) is 18.7 Å². The third-order valence-corrected chi connectivity index (χ3v) is 3.80. The summed E-state index contributed by atoms with van der Waals surface area (Å²) in [5.41, 5.74) is 4.75. The molecule has 6 nitrogen and oxygen atoms in total. The summed E-state index contributed by atoms with van der Waals surface area (Å²) in [5, 5.41) is 14.6. The van der Waals surface area contributed by atoms with E-state index in [2.05, 4.69) is 17.1 Å². The first-order valence-corrected chi connectivity index (χ1v) is 8.59. The van der Waals surface area contributed by atoms with Gasteiger partial charge in [0.2, 0.25) is 0 Å². The van der Waals surface area contributed by atoms with Crippen molar-refractivity contribution in [2.75, 3.05) is 19.1 Å². The van der Waals surface area contributed by atoms with Crippen molar-refractivity contribution in [2.45, 2.75) is 19.4 Å². The van der Waals surface area contributed by atoms with Crippen molar-refractivity contribution < 1.29 is 19.4 Å². The molecule has 2 N–H and O–H groups in total. The SMILES string of the molecule is C=C(C/C(=N\Nc1cccc(OC)c1)C(=O)OCC)C(O)c1ccccc1. The van der Waals surface area contributed by atoms with Crippen molar-refractivity contribution in [2.24, 2.45) is 5.10 Å². The van der Waals surface area contributed by atoms with E-state index in [9.17, 15) is 9.90 Å². The second-order valence-electron chi connectivity index (χ2n) is 5.77. The Labute approximate surface area is 159 Å². The first-order chi connectivity index (χ1) is 13.0. The van der Waals surface area contributed by atoms with Gasteiger partial charge < -0.3 is 14.6 Å². The van der Waals surface area contributed by atoms with E-state index in [1.807, 2.05) is 18.2 Å². The van der Waals surface area contributed by atoms with E-state index < -0.39 is 12.1 Å². The number of aliphatic hydroxyl groups is 1. The zero-order chi connectivity index (χ0) is 19.6. The van der Waals surface area contributed by atoms with E-state index >= 15 is 0 Å². The van der Waals surface area contributed by atoms with Gasteiger partial charge in [0.1, 0.15) is 17.6 Å². The molecule has 0 saturated heterocycles. The van der Waals surface area contributed by atoms with E-state index in [0.717, 1.165) is 0 Å². The minimum Gasteiger partial charge on any atom is -0.497 e. The van der Waals surface area contributed by atoms with Crippen LogP contribution < -0.4 is 10.2 Å². The Morgan fingerprint density at radius 1 is 1.22 bits per heavy atom. The van der Waals surface area contributed by atoms with Crippen LogP contribution in [0.25, 0.3) is 0 Å². The Balaban J connectivity index is 2.15. The second kappa shape index (κ2) is 10.1. The average molecular weight is 368 g/mol. The minimum absolute atomic E-state index is 0.0753. The van der Waals surface area contributed by atoms with Crippen LogP contribution in [0, 0.1) is 0 Å². The van der Waals surface area contributed by atoms with Crippen LogP contribution in [-0.2, 0) is 9.53 Å². The van der Waals surface area contributed by atoms with Crippen LogP contribution in [-0.4, -0.2) is 30.5 Å². The highest BCUT2D eigenvalue weighted by molar-refractivity contribution is 6.37. The van der Waals surface area contributed by atoms with Crippen molar-refractivity contribution in [3.63, 3.8) is 0 Å². The highest BCUT2D eigenvalue weighted by Gasteiger charge is 2.19. The first kappa shape index (κ1) is 20.2.